The van der Waals surface area contributed by atoms with Crippen molar-refractivity contribution in [3.63, 3.8) is 0 Å². The number of aryl methyl sites for hydroxylation is 2. The Labute approximate surface area is 179 Å². The third-order valence-corrected chi connectivity index (χ3v) is 4.28. The second-order valence-corrected chi connectivity index (χ2v) is 7.13. The molecule has 0 saturated carbocycles. The highest BCUT2D eigenvalue weighted by atomic mass is 127. The molecule has 0 bridgehead atoms. The first kappa shape index (κ1) is 24.1. The Morgan fingerprint density at radius 2 is 2.11 bits per heavy atom. The van der Waals surface area contributed by atoms with Crippen LogP contribution in [0.4, 0.5) is 0 Å². The van der Waals surface area contributed by atoms with Crippen molar-refractivity contribution in [3.05, 3.63) is 18.0 Å². The van der Waals surface area contributed by atoms with E-state index in [1.807, 2.05) is 38.0 Å². The fraction of sp³-hybridized carbons (Fsp3) is 0.778. The molecule has 1 aromatic rings. The van der Waals surface area contributed by atoms with Gasteiger partial charge in [0, 0.05) is 46.0 Å². The van der Waals surface area contributed by atoms with Crippen LogP contribution in [-0.2, 0) is 18.2 Å². The van der Waals surface area contributed by atoms with Crippen molar-refractivity contribution in [1.82, 2.24) is 25.3 Å². The van der Waals surface area contributed by atoms with Gasteiger partial charge in [0.15, 0.2) is 5.96 Å². The highest BCUT2D eigenvalue weighted by Crippen LogP contribution is 2.09. The average molecular weight is 494 g/mol. The van der Waals surface area contributed by atoms with Gasteiger partial charge in [-0.25, -0.2) is 0 Å². The smallest absolute Gasteiger partial charge is 0.191 e. The van der Waals surface area contributed by atoms with Crippen LogP contribution in [0.3, 0.4) is 0 Å². The molecule has 0 spiro atoms. The number of nitrogens with zero attached hydrogens (tertiary/aromatic N) is 4. The van der Waals surface area contributed by atoms with E-state index in [0.717, 1.165) is 58.2 Å². The molecule has 9 heteroatoms. The van der Waals surface area contributed by atoms with Gasteiger partial charge in [-0.15, -0.1) is 24.0 Å². The lowest BCUT2D eigenvalue weighted by atomic mass is 10.1. The molecule has 27 heavy (non-hydrogen) atoms. The van der Waals surface area contributed by atoms with Gasteiger partial charge in [0.1, 0.15) is 0 Å². The molecule has 2 rings (SSSR count). The number of guanidine groups is 1. The van der Waals surface area contributed by atoms with Crippen molar-refractivity contribution in [2.45, 2.75) is 32.3 Å². The van der Waals surface area contributed by atoms with Crippen LogP contribution in [0.5, 0.6) is 0 Å². The average Bonchev–Trinajstić information content (AvgIpc) is 3.02. The Morgan fingerprint density at radius 3 is 2.74 bits per heavy atom. The van der Waals surface area contributed by atoms with E-state index in [1.165, 1.54) is 5.56 Å². The molecular weight excluding hydrogens is 459 g/mol. The largest absolute Gasteiger partial charge is 0.387 e. The molecule has 1 fully saturated rings. The molecule has 8 nitrogen and oxygen atoms in total. The summed E-state index contributed by atoms with van der Waals surface area (Å²) in [7, 11) is 1.93. The van der Waals surface area contributed by atoms with Crippen LogP contribution in [0.1, 0.15) is 25.8 Å². The lowest BCUT2D eigenvalue weighted by molar-refractivity contribution is -0.0179. The van der Waals surface area contributed by atoms with E-state index in [2.05, 4.69) is 25.6 Å². The molecule has 0 radical (unpaired) electrons. The minimum Gasteiger partial charge on any atom is -0.387 e. The second kappa shape index (κ2) is 12.5. The zero-order valence-electron chi connectivity index (χ0n) is 16.8. The fourth-order valence-corrected chi connectivity index (χ4v) is 2.98. The van der Waals surface area contributed by atoms with Crippen LogP contribution in [-0.4, -0.2) is 83.8 Å². The van der Waals surface area contributed by atoms with Crippen LogP contribution in [0.25, 0.3) is 0 Å². The zero-order chi connectivity index (χ0) is 18.8. The highest BCUT2D eigenvalue weighted by molar-refractivity contribution is 14.0. The van der Waals surface area contributed by atoms with E-state index in [4.69, 9.17) is 4.74 Å². The van der Waals surface area contributed by atoms with Crippen LogP contribution >= 0.6 is 24.0 Å². The van der Waals surface area contributed by atoms with Crippen molar-refractivity contribution in [1.29, 1.82) is 0 Å². The van der Waals surface area contributed by atoms with Crippen molar-refractivity contribution >= 4 is 29.9 Å². The molecule has 0 amide bonds. The number of nitrogens with one attached hydrogen (secondary N) is 2. The summed E-state index contributed by atoms with van der Waals surface area (Å²) >= 11 is 0. The Kier molecular flexibility index (Phi) is 11.2. The van der Waals surface area contributed by atoms with Gasteiger partial charge in [0.2, 0.25) is 0 Å². The van der Waals surface area contributed by atoms with E-state index >= 15 is 0 Å². The fourth-order valence-electron chi connectivity index (χ4n) is 2.98. The molecule has 2 heterocycles. The summed E-state index contributed by atoms with van der Waals surface area (Å²) in [5.74, 6) is 0.751. The van der Waals surface area contributed by atoms with Gasteiger partial charge in [-0.1, -0.05) is 0 Å². The van der Waals surface area contributed by atoms with Crippen molar-refractivity contribution in [2.24, 2.45) is 12.0 Å². The summed E-state index contributed by atoms with van der Waals surface area (Å²) < 4.78 is 7.18. The van der Waals surface area contributed by atoms with Crippen LogP contribution in [0, 0.1) is 0 Å². The summed E-state index contributed by atoms with van der Waals surface area (Å²) in [5.41, 5.74) is 0.389. The molecule has 0 aromatic carbocycles. The third kappa shape index (κ3) is 9.72. The lowest BCUT2D eigenvalue weighted by Crippen LogP contribution is -2.48. The standard InChI is InChI=1S/C18H34N6O2.HI/c1-4-19-17(20-7-5-6-16-12-22-23(3)13-16)21-14-18(2,25)15-24-8-10-26-11-9-24;/h12-13,25H,4-11,14-15H2,1-3H3,(H2,19,20,21);1H. The zero-order valence-corrected chi connectivity index (χ0v) is 19.1. The molecule has 1 saturated heterocycles. The molecule has 1 aromatic heterocycles. The lowest BCUT2D eigenvalue weighted by Gasteiger charge is -2.33. The molecule has 1 unspecified atom stereocenters. The van der Waals surface area contributed by atoms with Crippen molar-refractivity contribution in [2.75, 3.05) is 52.5 Å². The number of halogens is 1. The molecule has 3 N–H and O–H groups in total. The molecule has 0 aliphatic carbocycles. The number of aliphatic imine (C=N–C) groups is 1. The number of β-amino-alcohol motifs (C(OH)–C–C–N with tert-alkyl or cyclic N) is 1. The minimum atomic E-state index is -0.852. The van der Waals surface area contributed by atoms with Gasteiger partial charge in [0.25, 0.3) is 0 Å². The first-order valence-corrected chi connectivity index (χ1v) is 9.51. The van der Waals surface area contributed by atoms with Gasteiger partial charge < -0.3 is 20.5 Å². The van der Waals surface area contributed by atoms with Gasteiger partial charge in [-0.3, -0.25) is 14.6 Å². The number of aliphatic hydroxyl groups is 1. The number of morpholine rings is 1. The molecule has 1 atom stereocenters. The van der Waals surface area contributed by atoms with Gasteiger partial charge in [-0.05, 0) is 32.3 Å². The van der Waals surface area contributed by atoms with Gasteiger partial charge in [-0.2, -0.15) is 5.10 Å². The van der Waals surface area contributed by atoms with E-state index in [-0.39, 0.29) is 24.0 Å². The third-order valence-electron chi connectivity index (χ3n) is 4.28. The predicted octanol–water partition coefficient (Wildman–Crippen LogP) is 0.609. The number of hydrogen-bond donors (Lipinski definition) is 3. The summed E-state index contributed by atoms with van der Waals surface area (Å²) in [6.07, 6.45) is 5.93. The summed E-state index contributed by atoms with van der Waals surface area (Å²) in [4.78, 5) is 6.80. The summed E-state index contributed by atoms with van der Waals surface area (Å²) in [6.45, 7) is 9.69. The topological polar surface area (TPSA) is 86.9 Å². The monoisotopic (exact) mass is 494 g/mol. The number of ether oxygens (including phenoxy) is 1. The maximum absolute atomic E-state index is 10.7. The van der Waals surface area contributed by atoms with Crippen LogP contribution in [0.15, 0.2) is 17.4 Å². The molecule has 1 aliphatic heterocycles. The van der Waals surface area contributed by atoms with E-state index < -0.39 is 5.60 Å². The SMILES string of the molecule is CCNC(=NCC(C)(O)CN1CCOCC1)NCCCc1cnn(C)c1.I. The van der Waals surface area contributed by atoms with Crippen LogP contribution in [0.2, 0.25) is 0 Å². The van der Waals surface area contributed by atoms with E-state index in [9.17, 15) is 5.11 Å². The van der Waals surface area contributed by atoms with Gasteiger partial charge >= 0.3 is 0 Å². The number of aromatic nitrogens is 2. The maximum Gasteiger partial charge on any atom is 0.191 e. The van der Waals surface area contributed by atoms with Crippen molar-refractivity contribution < 1.29 is 9.84 Å². The first-order chi connectivity index (χ1) is 12.5. The first-order valence-electron chi connectivity index (χ1n) is 9.51. The number of rotatable bonds is 9. The summed E-state index contributed by atoms with van der Waals surface area (Å²) in [6, 6.07) is 0. The second-order valence-electron chi connectivity index (χ2n) is 7.13. The molecular formula is C18H35IN6O2. The van der Waals surface area contributed by atoms with E-state index in [0.29, 0.717) is 13.1 Å². The molecule has 1 aliphatic rings. The van der Waals surface area contributed by atoms with Crippen LogP contribution < -0.4 is 10.6 Å². The van der Waals surface area contributed by atoms with E-state index in [1.54, 1.807) is 0 Å². The molecule has 156 valence electrons. The number of hydrogen-bond acceptors (Lipinski definition) is 5. The minimum absolute atomic E-state index is 0. The normalized spacial score (nSPS) is 17.9. The quantitative estimate of drug-likeness (QED) is 0.202. The Balaban J connectivity index is 0.00000364. The van der Waals surface area contributed by atoms with Crippen molar-refractivity contribution in [3.8, 4) is 0 Å². The van der Waals surface area contributed by atoms with Gasteiger partial charge in [0.05, 0.1) is 31.6 Å². The highest BCUT2D eigenvalue weighted by Gasteiger charge is 2.25. The predicted molar refractivity (Wildman–Crippen MR) is 119 cm³/mol. The Hall–Kier alpha value is -0.910. The Bertz CT molecular complexity index is 558. The summed E-state index contributed by atoms with van der Waals surface area (Å²) in [5, 5.41) is 21.4. The Morgan fingerprint density at radius 1 is 1.37 bits per heavy atom. The maximum atomic E-state index is 10.7.